The molecule has 0 radical (unpaired) electrons. The van der Waals surface area contributed by atoms with Crippen molar-refractivity contribution in [3.8, 4) is 0 Å². The highest BCUT2D eigenvalue weighted by Gasteiger charge is 2.45. The van der Waals surface area contributed by atoms with Crippen molar-refractivity contribution in [1.82, 2.24) is 20.2 Å². The fourth-order valence-corrected chi connectivity index (χ4v) is 3.57. The van der Waals surface area contributed by atoms with Gasteiger partial charge in [0.05, 0.1) is 17.9 Å². The molecule has 2 heterocycles. The number of nitrogens with one attached hydrogen (secondary N) is 1. The van der Waals surface area contributed by atoms with Crippen LogP contribution in [0.5, 0.6) is 0 Å². The number of nitrogens with zero attached hydrogens (tertiary/aromatic N) is 4. The van der Waals surface area contributed by atoms with Gasteiger partial charge in [0.15, 0.2) is 5.69 Å². The summed E-state index contributed by atoms with van der Waals surface area (Å²) in [7, 11) is 0. The van der Waals surface area contributed by atoms with Crippen LogP contribution in [-0.4, -0.2) is 70.1 Å². The topological polar surface area (TPSA) is 98.7 Å². The second-order valence-corrected chi connectivity index (χ2v) is 7.43. The normalized spacial score (nSPS) is 18.5. The second-order valence-electron chi connectivity index (χ2n) is 7.43. The maximum Gasteiger partial charge on any atom is 0.356 e. The van der Waals surface area contributed by atoms with E-state index in [0.717, 1.165) is 51.8 Å². The minimum Gasteiger partial charge on any atom is -0.476 e. The first-order valence-electron chi connectivity index (χ1n) is 9.45. The molecule has 4 rings (SSSR count). The van der Waals surface area contributed by atoms with Gasteiger partial charge in [-0.1, -0.05) is 18.2 Å². The Kier molecular flexibility index (Phi) is 4.95. The molecule has 1 aliphatic heterocycles. The van der Waals surface area contributed by atoms with Gasteiger partial charge in [-0.3, -0.25) is 9.69 Å². The average molecular weight is 381 g/mol. The van der Waals surface area contributed by atoms with Gasteiger partial charge in [0, 0.05) is 38.4 Å². The Bertz CT molecular complexity index is 844. The molecule has 1 aliphatic carbocycles. The van der Waals surface area contributed by atoms with Crippen molar-refractivity contribution in [2.24, 2.45) is 0 Å². The molecule has 1 aromatic carbocycles. The van der Waals surface area contributed by atoms with Crippen LogP contribution in [0.1, 0.15) is 33.8 Å². The highest BCUT2D eigenvalue weighted by molar-refractivity contribution is 5.93. The van der Waals surface area contributed by atoms with Crippen molar-refractivity contribution in [1.29, 1.82) is 0 Å². The van der Waals surface area contributed by atoms with Crippen LogP contribution in [0.2, 0.25) is 0 Å². The summed E-state index contributed by atoms with van der Waals surface area (Å²) in [5, 5.41) is 12.0. The number of amides is 1. The van der Waals surface area contributed by atoms with Gasteiger partial charge < -0.3 is 15.3 Å². The molecule has 0 unspecified atom stereocenters. The van der Waals surface area contributed by atoms with E-state index in [1.807, 2.05) is 6.07 Å². The Labute approximate surface area is 163 Å². The molecular weight excluding hydrogens is 358 g/mol. The molecule has 1 saturated heterocycles. The summed E-state index contributed by atoms with van der Waals surface area (Å²) in [5.74, 6) is -1.46. The Morgan fingerprint density at radius 1 is 1.00 bits per heavy atom. The Hall–Kier alpha value is -3.00. The lowest BCUT2D eigenvalue weighted by Gasteiger charge is -2.37. The summed E-state index contributed by atoms with van der Waals surface area (Å²) in [6, 6.07) is 10.4. The summed E-state index contributed by atoms with van der Waals surface area (Å²) in [6.07, 6.45) is 4.21. The number of carbonyl (C=O) groups excluding carboxylic acids is 1. The average Bonchev–Trinajstić information content (AvgIpc) is 3.48. The molecule has 1 aromatic heterocycles. The lowest BCUT2D eigenvalue weighted by Crippen LogP contribution is -2.52. The SMILES string of the molecule is O=C(O)c1cnc(C(=O)NC2(CN3CCN(c4ccccc4)CC3)CC2)cn1. The maximum atomic E-state index is 12.5. The van der Waals surface area contributed by atoms with E-state index in [1.54, 1.807) is 0 Å². The van der Waals surface area contributed by atoms with Crippen molar-refractivity contribution in [3.05, 3.63) is 54.1 Å². The lowest BCUT2D eigenvalue weighted by molar-refractivity contribution is 0.0688. The van der Waals surface area contributed by atoms with Gasteiger partial charge in [-0.2, -0.15) is 0 Å². The van der Waals surface area contributed by atoms with E-state index in [2.05, 4.69) is 49.4 Å². The van der Waals surface area contributed by atoms with Crippen molar-refractivity contribution in [2.45, 2.75) is 18.4 Å². The van der Waals surface area contributed by atoms with Crippen LogP contribution in [0, 0.1) is 0 Å². The minimum absolute atomic E-state index is 0.144. The van der Waals surface area contributed by atoms with E-state index in [4.69, 9.17) is 5.11 Å². The molecule has 2 aliphatic rings. The largest absolute Gasteiger partial charge is 0.476 e. The first-order valence-corrected chi connectivity index (χ1v) is 9.45. The van der Waals surface area contributed by atoms with Crippen LogP contribution in [-0.2, 0) is 0 Å². The van der Waals surface area contributed by atoms with Gasteiger partial charge in [-0.05, 0) is 25.0 Å². The molecule has 8 heteroatoms. The summed E-state index contributed by atoms with van der Waals surface area (Å²) in [5.41, 5.74) is 1.01. The van der Waals surface area contributed by atoms with Crippen LogP contribution >= 0.6 is 0 Å². The molecule has 2 fully saturated rings. The minimum atomic E-state index is -1.16. The first kappa shape index (κ1) is 18.4. The van der Waals surface area contributed by atoms with E-state index in [0.29, 0.717) is 0 Å². The van der Waals surface area contributed by atoms with E-state index in [-0.39, 0.29) is 22.8 Å². The summed E-state index contributed by atoms with van der Waals surface area (Å²) >= 11 is 0. The third-order valence-corrected chi connectivity index (χ3v) is 5.36. The summed E-state index contributed by atoms with van der Waals surface area (Å²) in [6.45, 7) is 4.67. The number of benzene rings is 1. The number of hydrogen-bond acceptors (Lipinski definition) is 6. The molecule has 2 N–H and O–H groups in total. The number of para-hydroxylation sites is 1. The van der Waals surface area contributed by atoms with E-state index < -0.39 is 5.97 Å². The maximum absolute atomic E-state index is 12.5. The standard InChI is InChI=1S/C20H23N5O3/c26-18(16-12-22-17(13-21-16)19(27)28)23-20(6-7-20)14-24-8-10-25(11-9-24)15-4-2-1-3-5-15/h1-5,12-13H,6-11,14H2,(H,23,26)(H,27,28). The fourth-order valence-electron chi connectivity index (χ4n) is 3.57. The van der Waals surface area contributed by atoms with Crippen molar-refractivity contribution >= 4 is 17.6 Å². The van der Waals surface area contributed by atoms with Crippen LogP contribution < -0.4 is 10.2 Å². The number of carboxylic acid groups (broad SMARTS) is 1. The lowest BCUT2D eigenvalue weighted by atomic mass is 10.2. The predicted octanol–water partition coefficient (Wildman–Crippen LogP) is 1.26. The second kappa shape index (κ2) is 7.55. The van der Waals surface area contributed by atoms with Crippen molar-refractivity contribution < 1.29 is 14.7 Å². The highest BCUT2D eigenvalue weighted by atomic mass is 16.4. The predicted molar refractivity (Wildman–Crippen MR) is 104 cm³/mol. The number of aromatic carboxylic acids is 1. The number of anilines is 1. The van der Waals surface area contributed by atoms with Crippen LogP contribution in [0.15, 0.2) is 42.7 Å². The van der Waals surface area contributed by atoms with Crippen molar-refractivity contribution in [2.75, 3.05) is 37.6 Å². The van der Waals surface area contributed by atoms with Crippen LogP contribution in [0.4, 0.5) is 5.69 Å². The monoisotopic (exact) mass is 381 g/mol. The molecule has 146 valence electrons. The molecule has 1 amide bonds. The zero-order valence-electron chi connectivity index (χ0n) is 15.5. The van der Waals surface area contributed by atoms with Gasteiger partial charge in [0.25, 0.3) is 5.91 Å². The molecule has 8 nitrogen and oxygen atoms in total. The Morgan fingerprint density at radius 3 is 2.21 bits per heavy atom. The quantitative estimate of drug-likeness (QED) is 0.777. The highest BCUT2D eigenvalue weighted by Crippen LogP contribution is 2.36. The summed E-state index contributed by atoms with van der Waals surface area (Å²) in [4.78, 5) is 35.8. The van der Waals surface area contributed by atoms with E-state index in [9.17, 15) is 9.59 Å². The molecule has 0 bridgehead atoms. The number of rotatable bonds is 6. The third kappa shape index (κ3) is 4.12. The van der Waals surface area contributed by atoms with Gasteiger partial charge in [-0.15, -0.1) is 0 Å². The zero-order chi connectivity index (χ0) is 19.6. The van der Waals surface area contributed by atoms with Gasteiger partial charge in [0.1, 0.15) is 5.69 Å². The first-order chi connectivity index (χ1) is 13.5. The Morgan fingerprint density at radius 2 is 1.64 bits per heavy atom. The van der Waals surface area contributed by atoms with Crippen LogP contribution in [0.3, 0.4) is 0 Å². The number of carbonyl (C=O) groups is 2. The third-order valence-electron chi connectivity index (χ3n) is 5.36. The summed E-state index contributed by atoms with van der Waals surface area (Å²) < 4.78 is 0. The number of hydrogen-bond donors (Lipinski definition) is 2. The Balaban J connectivity index is 1.30. The van der Waals surface area contributed by atoms with Gasteiger partial charge in [0.2, 0.25) is 0 Å². The van der Waals surface area contributed by atoms with E-state index >= 15 is 0 Å². The number of aromatic nitrogens is 2. The molecule has 28 heavy (non-hydrogen) atoms. The molecule has 1 saturated carbocycles. The smallest absolute Gasteiger partial charge is 0.356 e. The molecule has 0 spiro atoms. The zero-order valence-corrected chi connectivity index (χ0v) is 15.5. The molecular formula is C20H23N5O3. The van der Waals surface area contributed by atoms with E-state index in [1.165, 1.54) is 11.9 Å². The van der Waals surface area contributed by atoms with Gasteiger partial charge >= 0.3 is 5.97 Å². The number of piperazine rings is 1. The van der Waals surface area contributed by atoms with Gasteiger partial charge in [-0.25, -0.2) is 14.8 Å². The van der Waals surface area contributed by atoms with Crippen LogP contribution in [0.25, 0.3) is 0 Å². The molecule has 0 atom stereocenters. The number of carboxylic acids is 1. The van der Waals surface area contributed by atoms with Crippen molar-refractivity contribution in [3.63, 3.8) is 0 Å². The molecule has 2 aromatic rings. The fraction of sp³-hybridized carbons (Fsp3) is 0.400.